The molecule has 0 spiro atoms. The Kier molecular flexibility index (Phi) is 6.22. The molecule has 1 heteroatoms. The first-order chi connectivity index (χ1) is 8.46. The van der Waals surface area contributed by atoms with Gasteiger partial charge in [-0.05, 0) is 64.3 Å². The molecule has 18 heavy (non-hydrogen) atoms. The van der Waals surface area contributed by atoms with Gasteiger partial charge < -0.3 is 5.32 Å². The van der Waals surface area contributed by atoms with Crippen molar-refractivity contribution >= 4 is 0 Å². The second-order valence-corrected chi connectivity index (χ2v) is 6.98. The minimum atomic E-state index is 0.234. The summed E-state index contributed by atoms with van der Waals surface area (Å²) >= 11 is 0. The number of hydrogen-bond donors (Lipinski definition) is 1. The minimum absolute atomic E-state index is 0.234. The van der Waals surface area contributed by atoms with E-state index in [4.69, 9.17) is 6.42 Å². The smallest absolute Gasteiger partial charge is 0.00966 e. The molecule has 104 valence electrons. The molecule has 0 heterocycles. The molecule has 0 aliphatic heterocycles. The molecular weight excluding hydrogens is 218 g/mol. The highest BCUT2D eigenvalue weighted by Crippen LogP contribution is 2.37. The van der Waals surface area contributed by atoms with Crippen molar-refractivity contribution < 1.29 is 0 Å². The van der Waals surface area contributed by atoms with Crippen LogP contribution in [0.4, 0.5) is 0 Å². The molecule has 1 aliphatic carbocycles. The number of rotatable bonds is 5. The zero-order valence-corrected chi connectivity index (χ0v) is 12.8. The van der Waals surface area contributed by atoms with Crippen LogP contribution in [0.15, 0.2) is 0 Å². The summed E-state index contributed by atoms with van der Waals surface area (Å²) in [4.78, 5) is 0. The second-order valence-electron chi connectivity index (χ2n) is 6.98. The quantitative estimate of drug-likeness (QED) is 0.719. The van der Waals surface area contributed by atoms with Gasteiger partial charge in [-0.1, -0.05) is 19.8 Å². The maximum atomic E-state index is 5.44. The highest BCUT2D eigenvalue weighted by molar-refractivity contribution is 4.89. The molecule has 1 saturated carbocycles. The van der Waals surface area contributed by atoms with Crippen LogP contribution in [-0.4, -0.2) is 12.1 Å². The van der Waals surface area contributed by atoms with Crippen molar-refractivity contribution in [1.82, 2.24) is 5.32 Å². The van der Waals surface area contributed by atoms with Gasteiger partial charge in [0.2, 0.25) is 0 Å². The Morgan fingerprint density at radius 2 is 1.94 bits per heavy atom. The van der Waals surface area contributed by atoms with E-state index in [1.54, 1.807) is 0 Å². The van der Waals surface area contributed by atoms with E-state index in [2.05, 4.69) is 38.9 Å². The summed E-state index contributed by atoms with van der Waals surface area (Å²) in [6.45, 7) is 10.2. The van der Waals surface area contributed by atoms with Crippen molar-refractivity contribution in [2.75, 3.05) is 6.54 Å². The van der Waals surface area contributed by atoms with Gasteiger partial charge in [0.05, 0.1) is 0 Å². The molecule has 3 atom stereocenters. The van der Waals surface area contributed by atoms with Crippen molar-refractivity contribution in [3.63, 3.8) is 0 Å². The van der Waals surface area contributed by atoms with Gasteiger partial charge in [-0.25, -0.2) is 0 Å². The molecule has 3 unspecified atom stereocenters. The summed E-state index contributed by atoms with van der Waals surface area (Å²) in [6.07, 6.45) is 13.2. The average molecular weight is 249 g/mol. The molecule has 1 rings (SSSR count). The maximum absolute atomic E-state index is 5.44. The van der Waals surface area contributed by atoms with Crippen molar-refractivity contribution in [2.45, 2.75) is 71.8 Å². The maximum Gasteiger partial charge on any atom is 0.00966 e. The van der Waals surface area contributed by atoms with Gasteiger partial charge >= 0.3 is 0 Å². The minimum Gasteiger partial charge on any atom is -0.312 e. The summed E-state index contributed by atoms with van der Waals surface area (Å²) < 4.78 is 0. The van der Waals surface area contributed by atoms with Gasteiger partial charge in [0, 0.05) is 12.0 Å². The van der Waals surface area contributed by atoms with Crippen LogP contribution < -0.4 is 5.32 Å². The monoisotopic (exact) mass is 249 g/mol. The van der Waals surface area contributed by atoms with Crippen LogP contribution >= 0.6 is 0 Å². The third-order valence-corrected chi connectivity index (χ3v) is 4.38. The predicted octanol–water partition coefficient (Wildman–Crippen LogP) is 4.23. The van der Waals surface area contributed by atoms with Crippen LogP contribution in [0, 0.1) is 30.1 Å². The van der Waals surface area contributed by atoms with E-state index in [1.807, 2.05) is 0 Å². The third-order valence-electron chi connectivity index (χ3n) is 4.38. The normalized spacial score (nSPS) is 28.9. The zero-order valence-electron chi connectivity index (χ0n) is 12.8. The molecule has 0 saturated heterocycles. The Bertz CT molecular complexity index is 268. The average Bonchev–Trinajstić information content (AvgIpc) is 2.33. The topological polar surface area (TPSA) is 12.0 Å². The van der Waals surface area contributed by atoms with E-state index < -0.39 is 0 Å². The predicted molar refractivity (Wildman–Crippen MR) is 80.4 cm³/mol. The van der Waals surface area contributed by atoms with Crippen LogP contribution in [-0.2, 0) is 0 Å². The molecule has 0 aromatic rings. The Morgan fingerprint density at radius 1 is 1.22 bits per heavy atom. The molecular formula is C17H31N. The fraction of sp³-hybridized carbons (Fsp3) is 0.882. The molecule has 1 nitrogen and oxygen atoms in total. The van der Waals surface area contributed by atoms with Crippen LogP contribution in [0.2, 0.25) is 0 Å². The highest BCUT2D eigenvalue weighted by Gasteiger charge is 2.29. The summed E-state index contributed by atoms with van der Waals surface area (Å²) in [5.74, 6) is 5.44. The first-order valence-electron chi connectivity index (χ1n) is 7.64. The van der Waals surface area contributed by atoms with E-state index in [0.717, 1.165) is 30.7 Å². The number of terminal acetylenes is 1. The highest BCUT2D eigenvalue weighted by atomic mass is 14.9. The van der Waals surface area contributed by atoms with Crippen molar-refractivity contribution in [1.29, 1.82) is 0 Å². The van der Waals surface area contributed by atoms with E-state index >= 15 is 0 Å². The van der Waals surface area contributed by atoms with Gasteiger partial charge in [0.1, 0.15) is 0 Å². The van der Waals surface area contributed by atoms with Crippen LogP contribution in [0.25, 0.3) is 0 Å². The van der Waals surface area contributed by atoms with E-state index in [1.165, 1.54) is 32.1 Å². The summed E-state index contributed by atoms with van der Waals surface area (Å²) in [7, 11) is 0. The summed E-state index contributed by atoms with van der Waals surface area (Å²) in [5.41, 5.74) is 0.234. The van der Waals surface area contributed by atoms with Gasteiger partial charge in [-0.15, -0.1) is 12.3 Å². The first-order valence-corrected chi connectivity index (χ1v) is 7.64. The van der Waals surface area contributed by atoms with Gasteiger partial charge in [-0.3, -0.25) is 0 Å². The fourth-order valence-electron chi connectivity index (χ4n) is 3.12. The molecule has 0 aromatic carbocycles. The molecule has 0 aromatic heterocycles. The number of hydrogen-bond acceptors (Lipinski definition) is 1. The third kappa shape index (κ3) is 5.44. The van der Waals surface area contributed by atoms with Gasteiger partial charge in [-0.2, -0.15) is 0 Å². The Morgan fingerprint density at radius 3 is 2.50 bits per heavy atom. The van der Waals surface area contributed by atoms with Crippen molar-refractivity contribution in [2.24, 2.45) is 17.8 Å². The molecule has 1 N–H and O–H groups in total. The second kappa shape index (κ2) is 7.19. The molecule has 0 amide bonds. The zero-order chi connectivity index (χ0) is 13.6. The first kappa shape index (κ1) is 15.6. The Labute approximate surface area is 114 Å². The van der Waals surface area contributed by atoms with E-state index in [9.17, 15) is 0 Å². The van der Waals surface area contributed by atoms with Crippen molar-refractivity contribution in [3.8, 4) is 12.3 Å². The van der Waals surface area contributed by atoms with E-state index in [-0.39, 0.29) is 5.54 Å². The molecule has 1 aliphatic rings. The molecule has 0 radical (unpaired) electrons. The lowest BCUT2D eigenvalue weighted by Crippen LogP contribution is -2.42. The largest absolute Gasteiger partial charge is 0.312 e. The standard InChI is InChI=1S/C17H31N/c1-6-8-9-15-12-14(7-2)10-11-16(15)13-18-17(3,4)5/h1,14-16,18H,7-13H2,2-5H3. The lowest BCUT2D eigenvalue weighted by atomic mass is 9.71. The SMILES string of the molecule is C#CCCC1CC(CC)CCC1CNC(C)(C)C. The summed E-state index contributed by atoms with van der Waals surface area (Å²) in [5, 5.41) is 3.68. The van der Waals surface area contributed by atoms with Crippen molar-refractivity contribution in [3.05, 3.63) is 0 Å². The molecule has 1 fully saturated rings. The number of nitrogens with one attached hydrogen (secondary N) is 1. The fourth-order valence-corrected chi connectivity index (χ4v) is 3.12. The van der Waals surface area contributed by atoms with Crippen LogP contribution in [0.1, 0.15) is 66.2 Å². The van der Waals surface area contributed by atoms with E-state index in [0.29, 0.717) is 0 Å². The Balaban J connectivity index is 2.49. The van der Waals surface area contributed by atoms with Crippen LogP contribution in [0.3, 0.4) is 0 Å². The van der Waals surface area contributed by atoms with Crippen LogP contribution in [0.5, 0.6) is 0 Å². The molecule has 0 bridgehead atoms. The lowest BCUT2D eigenvalue weighted by molar-refractivity contribution is 0.156. The van der Waals surface area contributed by atoms with Gasteiger partial charge in [0.25, 0.3) is 0 Å². The van der Waals surface area contributed by atoms with Gasteiger partial charge in [0.15, 0.2) is 0 Å². The lowest BCUT2D eigenvalue weighted by Gasteiger charge is -2.37. The Hall–Kier alpha value is -0.480. The summed E-state index contributed by atoms with van der Waals surface area (Å²) in [6, 6.07) is 0.